The van der Waals surface area contributed by atoms with E-state index in [0.29, 0.717) is 30.1 Å². The van der Waals surface area contributed by atoms with E-state index in [1.807, 2.05) is 0 Å². The van der Waals surface area contributed by atoms with Crippen molar-refractivity contribution in [2.24, 2.45) is 7.05 Å². The number of hydrogen-bond acceptors (Lipinski definition) is 3. The molecule has 0 bridgehead atoms. The lowest BCUT2D eigenvalue weighted by atomic mass is 10.1. The minimum Gasteiger partial charge on any atom is -0.344 e. The predicted molar refractivity (Wildman–Crippen MR) is 46.3 cm³/mol. The van der Waals surface area contributed by atoms with Gasteiger partial charge < -0.3 is 4.57 Å². The van der Waals surface area contributed by atoms with E-state index in [4.69, 9.17) is 0 Å². The van der Waals surface area contributed by atoms with E-state index in [1.54, 1.807) is 14.0 Å². The number of hydrogen-bond donors (Lipinski definition) is 0. The van der Waals surface area contributed by atoms with Crippen LogP contribution in [0.2, 0.25) is 0 Å². The normalized spacial score (nSPS) is 9.69. The van der Waals surface area contributed by atoms with Gasteiger partial charge in [-0.2, -0.15) is 0 Å². The summed E-state index contributed by atoms with van der Waals surface area (Å²) < 4.78 is 1.53. The van der Waals surface area contributed by atoms with Crippen molar-refractivity contribution < 1.29 is 14.4 Å². The average molecular weight is 179 g/mol. The van der Waals surface area contributed by atoms with E-state index in [9.17, 15) is 14.4 Å². The van der Waals surface area contributed by atoms with Crippen LogP contribution < -0.4 is 0 Å². The van der Waals surface area contributed by atoms with Crippen molar-refractivity contribution in [1.82, 2.24) is 4.57 Å². The van der Waals surface area contributed by atoms with E-state index >= 15 is 0 Å². The molecule has 0 saturated heterocycles. The summed E-state index contributed by atoms with van der Waals surface area (Å²) >= 11 is 0. The quantitative estimate of drug-likeness (QED) is 0.644. The topological polar surface area (TPSA) is 56.1 Å². The summed E-state index contributed by atoms with van der Waals surface area (Å²) in [4.78, 5) is 31.8. The van der Waals surface area contributed by atoms with Crippen LogP contribution in [-0.2, 0) is 7.05 Å². The molecule has 0 unspecified atom stereocenters. The number of aldehydes is 3. The highest BCUT2D eigenvalue weighted by atomic mass is 16.1. The zero-order chi connectivity index (χ0) is 10.0. The molecule has 0 spiro atoms. The van der Waals surface area contributed by atoms with E-state index in [1.165, 1.54) is 4.57 Å². The zero-order valence-corrected chi connectivity index (χ0v) is 7.40. The lowest BCUT2D eigenvalue weighted by Gasteiger charge is -1.96. The van der Waals surface area contributed by atoms with Crippen molar-refractivity contribution in [2.45, 2.75) is 6.92 Å². The number of aromatic nitrogens is 1. The summed E-state index contributed by atoms with van der Waals surface area (Å²) in [6, 6.07) is 0. The van der Waals surface area contributed by atoms with E-state index < -0.39 is 0 Å². The van der Waals surface area contributed by atoms with Crippen molar-refractivity contribution in [3.05, 3.63) is 22.5 Å². The fourth-order valence-corrected chi connectivity index (χ4v) is 1.29. The molecule has 0 aliphatic carbocycles. The fourth-order valence-electron chi connectivity index (χ4n) is 1.29. The van der Waals surface area contributed by atoms with E-state index in [-0.39, 0.29) is 11.3 Å². The van der Waals surface area contributed by atoms with Gasteiger partial charge in [-0.05, 0) is 6.92 Å². The van der Waals surface area contributed by atoms with Crippen molar-refractivity contribution in [3.63, 3.8) is 0 Å². The van der Waals surface area contributed by atoms with Gasteiger partial charge in [-0.15, -0.1) is 0 Å². The molecule has 0 amide bonds. The Balaban J connectivity index is 3.61. The largest absolute Gasteiger partial charge is 0.344 e. The van der Waals surface area contributed by atoms with Crippen LogP contribution >= 0.6 is 0 Å². The van der Waals surface area contributed by atoms with Gasteiger partial charge in [0.25, 0.3) is 0 Å². The number of carbonyl (C=O) groups is 3. The molecule has 4 nitrogen and oxygen atoms in total. The molecule has 0 radical (unpaired) electrons. The Morgan fingerprint density at radius 2 is 1.54 bits per heavy atom. The molecule has 1 aromatic rings. The third-order valence-electron chi connectivity index (χ3n) is 2.17. The summed E-state index contributed by atoms with van der Waals surface area (Å²) in [5.41, 5.74) is 1.33. The molecule has 0 atom stereocenters. The van der Waals surface area contributed by atoms with Crippen LogP contribution in [0, 0.1) is 6.92 Å². The second-order valence-electron chi connectivity index (χ2n) is 2.71. The van der Waals surface area contributed by atoms with Gasteiger partial charge in [-0.1, -0.05) is 0 Å². The van der Waals surface area contributed by atoms with Crippen molar-refractivity contribution in [1.29, 1.82) is 0 Å². The second-order valence-corrected chi connectivity index (χ2v) is 2.71. The monoisotopic (exact) mass is 179 g/mol. The first-order chi connectivity index (χ1) is 6.17. The fraction of sp³-hybridized carbons (Fsp3) is 0.222. The minimum atomic E-state index is 0.171. The maximum Gasteiger partial charge on any atom is 0.167 e. The molecule has 0 aliphatic heterocycles. The molecule has 4 heteroatoms. The molecular weight excluding hydrogens is 170 g/mol. The molecule has 0 aromatic carbocycles. The van der Waals surface area contributed by atoms with Crippen LogP contribution in [0.4, 0.5) is 0 Å². The van der Waals surface area contributed by atoms with Gasteiger partial charge in [-0.25, -0.2) is 0 Å². The molecule has 0 aliphatic rings. The Bertz CT molecular complexity index is 345. The molecule has 1 rings (SSSR count). The van der Waals surface area contributed by atoms with Crippen LogP contribution in [0.15, 0.2) is 0 Å². The van der Waals surface area contributed by atoms with Crippen LogP contribution in [-0.4, -0.2) is 23.4 Å². The lowest BCUT2D eigenvalue weighted by Crippen LogP contribution is -1.97. The molecule has 0 fully saturated rings. The third kappa shape index (κ3) is 1.20. The van der Waals surface area contributed by atoms with Gasteiger partial charge in [0.05, 0.1) is 11.3 Å². The highest BCUT2D eigenvalue weighted by Gasteiger charge is 2.16. The Morgan fingerprint density at radius 3 is 1.92 bits per heavy atom. The summed E-state index contributed by atoms with van der Waals surface area (Å²) in [6.45, 7) is 1.68. The summed E-state index contributed by atoms with van der Waals surface area (Å²) in [5, 5.41) is 0. The van der Waals surface area contributed by atoms with Crippen molar-refractivity contribution in [2.75, 3.05) is 0 Å². The Morgan fingerprint density at radius 1 is 1.00 bits per heavy atom. The van der Waals surface area contributed by atoms with Crippen LogP contribution in [0.1, 0.15) is 36.9 Å². The number of carbonyl (C=O) groups excluding carboxylic acids is 3. The standard InChI is InChI=1S/C9H9NO3/c1-6-7(3-11)8(4-12)9(5-13)10(6)2/h3-5H,1-2H3. The summed E-state index contributed by atoms with van der Waals surface area (Å²) in [7, 11) is 1.64. The zero-order valence-electron chi connectivity index (χ0n) is 7.40. The first-order valence-corrected chi connectivity index (χ1v) is 3.72. The molecule has 0 N–H and O–H groups in total. The first kappa shape index (κ1) is 9.38. The van der Waals surface area contributed by atoms with Crippen LogP contribution in [0.3, 0.4) is 0 Å². The van der Waals surface area contributed by atoms with E-state index in [0.717, 1.165) is 0 Å². The molecule has 1 heterocycles. The maximum absolute atomic E-state index is 10.6. The van der Waals surface area contributed by atoms with Gasteiger partial charge in [0.15, 0.2) is 18.9 Å². The molecule has 13 heavy (non-hydrogen) atoms. The van der Waals surface area contributed by atoms with Crippen LogP contribution in [0.5, 0.6) is 0 Å². The predicted octanol–water partition coefficient (Wildman–Crippen LogP) is 0.771. The Labute approximate surface area is 75.2 Å². The van der Waals surface area contributed by atoms with Crippen molar-refractivity contribution >= 4 is 18.9 Å². The van der Waals surface area contributed by atoms with Crippen LogP contribution in [0.25, 0.3) is 0 Å². The van der Waals surface area contributed by atoms with Gasteiger partial charge >= 0.3 is 0 Å². The Hall–Kier alpha value is -1.71. The summed E-state index contributed by atoms with van der Waals surface area (Å²) in [6.07, 6.45) is 1.69. The Kier molecular flexibility index (Phi) is 2.41. The molecular formula is C9H9NO3. The number of rotatable bonds is 3. The average Bonchev–Trinajstić information content (AvgIpc) is 2.38. The minimum absolute atomic E-state index is 0.171. The third-order valence-corrected chi connectivity index (χ3v) is 2.17. The SMILES string of the molecule is Cc1c(C=O)c(C=O)c(C=O)n1C. The molecule has 1 aromatic heterocycles. The molecule has 68 valence electrons. The molecule has 0 saturated carbocycles. The summed E-state index contributed by atoms with van der Waals surface area (Å²) in [5.74, 6) is 0. The van der Waals surface area contributed by atoms with Gasteiger partial charge in [0.1, 0.15) is 0 Å². The second kappa shape index (κ2) is 3.35. The highest BCUT2D eigenvalue weighted by molar-refractivity contribution is 5.99. The number of nitrogens with zero attached hydrogens (tertiary/aromatic N) is 1. The smallest absolute Gasteiger partial charge is 0.167 e. The van der Waals surface area contributed by atoms with Crippen molar-refractivity contribution in [3.8, 4) is 0 Å². The lowest BCUT2D eigenvalue weighted by molar-refractivity contribution is 0.108. The van der Waals surface area contributed by atoms with Gasteiger partial charge in [-0.3, -0.25) is 14.4 Å². The highest BCUT2D eigenvalue weighted by Crippen LogP contribution is 2.16. The maximum atomic E-state index is 10.6. The first-order valence-electron chi connectivity index (χ1n) is 3.72. The van der Waals surface area contributed by atoms with E-state index in [2.05, 4.69) is 0 Å². The van der Waals surface area contributed by atoms with Gasteiger partial charge in [0.2, 0.25) is 0 Å². The van der Waals surface area contributed by atoms with Gasteiger partial charge in [0, 0.05) is 18.3 Å².